The summed E-state index contributed by atoms with van der Waals surface area (Å²) in [5.41, 5.74) is 6.08. The number of rotatable bonds is 4. The molecular weight excluding hydrogens is 208 g/mol. The Kier molecular flexibility index (Phi) is 5.40. The number of nitrogens with zero attached hydrogens (tertiary/aromatic N) is 1. The van der Waals surface area contributed by atoms with E-state index in [2.05, 4.69) is 0 Å². The van der Waals surface area contributed by atoms with Crippen molar-refractivity contribution >= 4 is 18.1 Å². The lowest BCUT2D eigenvalue weighted by Gasteiger charge is -2.02. The van der Waals surface area contributed by atoms with Crippen LogP contribution in [0.15, 0.2) is 24.3 Å². The molecule has 0 aliphatic rings. The van der Waals surface area contributed by atoms with Gasteiger partial charge in [0.2, 0.25) is 6.54 Å². The van der Waals surface area contributed by atoms with Gasteiger partial charge in [-0.2, -0.15) is 0 Å². The van der Waals surface area contributed by atoms with Gasteiger partial charge < -0.3 is 10.5 Å². The summed E-state index contributed by atoms with van der Waals surface area (Å²) in [5, 5.41) is 9.95. The number of benzene rings is 1. The zero-order chi connectivity index (χ0) is 9.68. The molecule has 0 aliphatic heterocycles. The first-order valence-electron chi connectivity index (χ1n) is 3.78. The van der Waals surface area contributed by atoms with Crippen LogP contribution in [0.1, 0.15) is 0 Å². The van der Waals surface area contributed by atoms with Crippen molar-refractivity contribution in [1.82, 2.24) is 0 Å². The van der Waals surface area contributed by atoms with Crippen molar-refractivity contribution in [2.75, 3.05) is 18.9 Å². The van der Waals surface area contributed by atoms with Crippen LogP contribution in [0.5, 0.6) is 5.75 Å². The molecule has 0 bridgehead atoms. The molecule has 0 radical (unpaired) electrons. The monoisotopic (exact) mass is 218 g/mol. The summed E-state index contributed by atoms with van der Waals surface area (Å²) in [5.74, 6) is 0.594. The summed E-state index contributed by atoms with van der Waals surface area (Å²) in [6.07, 6.45) is 0. The van der Waals surface area contributed by atoms with Gasteiger partial charge in [0, 0.05) is 10.6 Å². The third-order valence-electron chi connectivity index (χ3n) is 1.42. The number of hydrogen-bond acceptors (Lipinski definition) is 4. The first-order chi connectivity index (χ1) is 6.18. The lowest BCUT2D eigenvalue weighted by molar-refractivity contribution is -0.481. The molecule has 14 heavy (non-hydrogen) atoms. The molecule has 0 heterocycles. The van der Waals surface area contributed by atoms with Gasteiger partial charge in [-0.3, -0.25) is 10.1 Å². The van der Waals surface area contributed by atoms with Crippen molar-refractivity contribution in [3.8, 4) is 5.75 Å². The molecule has 0 aromatic heterocycles. The molecule has 0 saturated heterocycles. The van der Waals surface area contributed by atoms with E-state index in [1.807, 2.05) is 0 Å². The Morgan fingerprint density at radius 2 is 1.93 bits per heavy atom. The second kappa shape index (κ2) is 6.04. The van der Waals surface area contributed by atoms with Gasteiger partial charge in [0.05, 0.1) is 0 Å². The molecule has 0 spiro atoms. The fourth-order valence-corrected chi connectivity index (χ4v) is 0.802. The average molecular weight is 219 g/mol. The van der Waals surface area contributed by atoms with Crippen LogP contribution in [0.2, 0.25) is 0 Å². The Morgan fingerprint density at radius 1 is 1.36 bits per heavy atom. The van der Waals surface area contributed by atoms with E-state index < -0.39 is 4.92 Å². The van der Waals surface area contributed by atoms with E-state index in [0.29, 0.717) is 11.4 Å². The Labute approximate surface area is 87.4 Å². The molecule has 0 atom stereocenters. The smallest absolute Gasteiger partial charge is 0.237 e. The summed E-state index contributed by atoms with van der Waals surface area (Å²) in [6.45, 7) is -0.110. The number of anilines is 1. The van der Waals surface area contributed by atoms with Gasteiger partial charge in [-0.1, -0.05) is 0 Å². The van der Waals surface area contributed by atoms with Crippen LogP contribution in [0.25, 0.3) is 0 Å². The van der Waals surface area contributed by atoms with Crippen molar-refractivity contribution in [2.45, 2.75) is 0 Å². The second-order valence-electron chi connectivity index (χ2n) is 2.47. The minimum Gasteiger partial charge on any atom is -0.487 e. The number of ether oxygens (including phenoxy) is 1. The lowest BCUT2D eigenvalue weighted by Crippen LogP contribution is -2.10. The third-order valence-corrected chi connectivity index (χ3v) is 1.42. The Bertz CT molecular complexity index is 289. The van der Waals surface area contributed by atoms with Crippen molar-refractivity contribution in [3.63, 3.8) is 0 Å². The summed E-state index contributed by atoms with van der Waals surface area (Å²) < 4.78 is 5.07. The molecule has 6 heteroatoms. The summed E-state index contributed by atoms with van der Waals surface area (Å²) in [7, 11) is 0. The van der Waals surface area contributed by atoms with E-state index in [0.717, 1.165) is 0 Å². The van der Waals surface area contributed by atoms with Crippen molar-refractivity contribution in [1.29, 1.82) is 0 Å². The molecule has 1 aromatic rings. The minimum atomic E-state index is -0.419. The Hall–Kier alpha value is -1.49. The minimum absolute atomic E-state index is 0. The highest BCUT2D eigenvalue weighted by atomic mass is 35.5. The normalized spacial score (nSPS) is 8.86. The maximum atomic E-state index is 9.95. The summed E-state index contributed by atoms with van der Waals surface area (Å²) >= 11 is 0. The molecule has 2 N–H and O–H groups in total. The SMILES string of the molecule is Cl.Nc1ccc(OCC[N+](=O)[O-])cc1. The number of nitro groups is 1. The van der Waals surface area contributed by atoms with Gasteiger partial charge in [-0.15, -0.1) is 12.4 Å². The molecule has 1 rings (SSSR count). The number of hydrogen-bond donors (Lipinski definition) is 1. The number of nitrogen functional groups attached to an aromatic ring is 1. The van der Waals surface area contributed by atoms with E-state index in [-0.39, 0.29) is 25.6 Å². The highest BCUT2D eigenvalue weighted by Crippen LogP contribution is 2.12. The van der Waals surface area contributed by atoms with Crippen molar-refractivity contribution < 1.29 is 9.66 Å². The molecule has 0 amide bonds. The van der Waals surface area contributed by atoms with Gasteiger partial charge >= 0.3 is 0 Å². The molecule has 0 fully saturated rings. The molecule has 0 aliphatic carbocycles. The Balaban J connectivity index is 0.00000169. The largest absolute Gasteiger partial charge is 0.487 e. The fraction of sp³-hybridized carbons (Fsp3) is 0.250. The van der Waals surface area contributed by atoms with Gasteiger partial charge in [0.1, 0.15) is 5.75 Å². The molecule has 0 unspecified atom stereocenters. The van der Waals surface area contributed by atoms with E-state index in [4.69, 9.17) is 10.5 Å². The average Bonchev–Trinajstić information content (AvgIpc) is 2.08. The maximum Gasteiger partial charge on any atom is 0.237 e. The van der Waals surface area contributed by atoms with Crippen molar-refractivity contribution in [2.24, 2.45) is 0 Å². The van der Waals surface area contributed by atoms with E-state index in [1.54, 1.807) is 24.3 Å². The summed E-state index contributed by atoms with van der Waals surface area (Å²) in [6, 6.07) is 6.72. The molecule has 0 saturated carbocycles. The first kappa shape index (κ1) is 12.5. The maximum absolute atomic E-state index is 9.95. The predicted molar refractivity (Wildman–Crippen MR) is 55.5 cm³/mol. The van der Waals surface area contributed by atoms with Crippen LogP contribution in [0.4, 0.5) is 5.69 Å². The van der Waals surface area contributed by atoms with E-state index in [1.165, 1.54) is 0 Å². The second-order valence-corrected chi connectivity index (χ2v) is 2.47. The van der Waals surface area contributed by atoms with Crippen LogP contribution in [-0.4, -0.2) is 18.1 Å². The standard InChI is InChI=1S/C8H10N2O3.ClH/c9-7-1-3-8(4-2-7)13-6-5-10(11)12;/h1-4H,5-6,9H2;1H. The molecule has 78 valence electrons. The van der Waals surface area contributed by atoms with E-state index >= 15 is 0 Å². The van der Waals surface area contributed by atoms with Crippen LogP contribution >= 0.6 is 12.4 Å². The van der Waals surface area contributed by atoms with Crippen LogP contribution in [0.3, 0.4) is 0 Å². The van der Waals surface area contributed by atoms with Gasteiger partial charge in [-0.25, -0.2) is 0 Å². The fourth-order valence-electron chi connectivity index (χ4n) is 0.802. The lowest BCUT2D eigenvalue weighted by atomic mass is 10.3. The highest BCUT2D eigenvalue weighted by molar-refractivity contribution is 5.85. The van der Waals surface area contributed by atoms with Crippen molar-refractivity contribution in [3.05, 3.63) is 34.4 Å². The van der Waals surface area contributed by atoms with E-state index in [9.17, 15) is 10.1 Å². The highest BCUT2D eigenvalue weighted by Gasteiger charge is 1.97. The summed E-state index contributed by atoms with van der Waals surface area (Å²) in [4.78, 5) is 9.53. The van der Waals surface area contributed by atoms with Crippen LogP contribution in [0, 0.1) is 10.1 Å². The Morgan fingerprint density at radius 3 is 2.43 bits per heavy atom. The first-order valence-corrected chi connectivity index (χ1v) is 3.78. The van der Waals surface area contributed by atoms with Gasteiger partial charge in [-0.05, 0) is 24.3 Å². The van der Waals surface area contributed by atoms with Crippen LogP contribution in [-0.2, 0) is 0 Å². The third kappa shape index (κ3) is 4.51. The van der Waals surface area contributed by atoms with Gasteiger partial charge in [0.15, 0.2) is 6.61 Å². The zero-order valence-electron chi connectivity index (χ0n) is 7.38. The number of halogens is 1. The number of nitrogens with two attached hydrogens (primary N) is 1. The molecule has 1 aromatic carbocycles. The topological polar surface area (TPSA) is 78.4 Å². The molecular formula is C8H11ClN2O3. The van der Waals surface area contributed by atoms with Gasteiger partial charge in [0.25, 0.3) is 0 Å². The predicted octanol–water partition coefficient (Wildman–Crippen LogP) is 1.35. The van der Waals surface area contributed by atoms with Crippen LogP contribution < -0.4 is 10.5 Å². The zero-order valence-corrected chi connectivity index (χ0v) is 8.20. The quantitative estimate of drug-likeness (QED) is 0.470. The molecule has 5 nitrogen and oxygen atoms in total.